The Kier molecular flexibility index (Phi) is 5.79. The Bertz CT molecular complexity index is 1110. The Labute approximate surface area is 178 Å². The Morgan fingerprint density at radius 3 is 2.58 bits per heavy atom. The zero-order valence-electron chi connectivity index (χ0n) is 16.9. The van der Waals surface area contributed by atoms with Crippen LogP contribution in [0.1, 0.15) is 40.6 Å². The number of carbonyl (C=O) groups excluding carboxylic acids is 2. The SMILES string of the molecule is CC(=O)c1ccc(NC(=O)c2cnc(Oc3cccc(OCC4CC4)c3)cn2)c(O)c1. The highest BCUT2D eigenvalue weighted by atomic mass is 16.5. The van der Waals surface area contributed by atoms with Crippen LogP contribution in [-0.4, -0.2) is 33.4 Å². The van der Waals surface area contributed by atoms with Crippen molar-refractivity contribution in [2.45, 2.75) is 19.8 Å². The number of anilines is 1. The predicted octanol–water partition coefficient (Wildman–Crippen LogP) is 4.22. The van der Waals surface area contributed by atoms with E-state index >= 15 is 0 Å². The zero-order chi connectivity index (χ0) is 21.8. The van der Waals surface area contributed by atoms with Crippen LogP contribution >= 0.6 is 0 Å². The number of amides is 1. The summed E-state index contributed by atoms with van der Waals surface area (Å²) in [6.45, 7) is 2.10. The lowest BCUT2D eigenvalue weighted by molar-refractivity contribution is 0.101. The number of ether oxygens (including phenoxy) is 2. The van der Waals surface area contributed by atoms with Crippen molar-refractivity contribution in [3.63, 3.8) is 0 Å². The number of aromatic hydroxyl groups is 1. The van der Waals surface area contributed by atoms with Gasteiger partial charge in [0.1, 0.15) is 22.9 Å². The van der Waals surface area contributed by atoms with Crippen LogP contribution in [0.4, 0.5) is 5.69 Å². The van der Waals surface area contributed by atoms with Crippen LogP contribution in [0, 0.1) is 5.92 Å². The molecular formula is C23H21N3O5. The molecule has 31 heavy (non-hydrogen) atoms. The number of Topliss-reactive ketones (excluding diaryl/α,β-unsaturated/α-hetero) is 1. The molecule has 1 fully saturated rings. The fourth-order valence-corrected chi connectivity index (χ4v) is 2.78. The van der Waals surface area contributed by atoms with E-state index in [1.165, 1.54) is 50.4 Å². The minimum atomic E-state index is -0.555. The van der Waals surface area contributed by atoms with Crippen molar-refractivity contribution in [3.8, 4) is 23.1 Å². The van der Waals surface area contributed by atoms with Crippen molar-refractivity contribution in [1.82, 2.24) is 9.97 Å². The molecule has 1 amide bonds. The smallest absolute Gasteiger partial charge is 0.275 e. The summed E-state index contributed by atoms with van der Waals surface area (Å²) >= 11 is 0. The molecule has 3 aromatic rings. The van der Waals surface area contributed by atoms with E-state index in [-0.39, 0.29) is 28.8 Å². The van der Waals surface area contributed by atoms with Crippen LogP contribution in [0.5, 0.6) is 23.1 Å². The normalized spacial score (nSPS) is 12.8. The molecule has 4 rings (SSSR count). The van der Waals surface area contributed by atoms with Crippen LogP contribution in [0.15, 0.2) is 54.9 Å². The fraction of sp³-hybridized carbons (Fsp3) is 0.217. The van der Waals surface area contributed by atoms with Gasteiger partial charge in [-0.25, -0.2) is 9.97 Å². The lowest BCUT2D eigenvalue weighted by Crippen LogP contribution is -2.14. The standard InChI is InChI=1S/C23H21N3O5/c1-14(27)16-7-8-19(21(28)9-16)26-23(29)20-11-25-22(12-24-20)31-18-4-2-3-17(10-18)30-13-15-5-6-15/h2-4,7-12,15,28H,5-6,13H2,1H3,(H,26,29). The van der Waals surface area contributed by atoms with Crippen molar-refractivity contribution in [3.05, 3.63) is 66.1 Å². The number of phenolic OH excluding ortho intramolecular Hbond substituents is 1. The number of aromatic nitrogens is 2. The van der Waals surface area contributed by atoms with Crippen LogP contribution in [0.25, 0.3) is 0 Å². The number of benzene rings is 2. The number of hydrogen-bond donors (Lipinski definition) is 2. The average Bonchev–Trinajstić information content (AvgIpc) is 3.59. The maximum absolute atomic E-state index is 12.4. The number of rotatable bonds is 8. The van der Waals surface area contributed by atoms with Crippen LogP contribution < -0.4 is 14.8 Å². The van der Waals surface area contributed by atoms with E-state index in [2.05, 4.69) is 15.3 Å². The minimum Gasteiger partial charge on any atom is -0.506 e. The minimum absolute atomic E-state index is 0.0453. The van der Waals surface area contributed by atoms with E-state index in [4.69, 9.17) is 9.47 Å². The van der Waals surface area contributed by atoms with Gasteiger partial charge in [-0.2, -0.15) is 0 Å². The Hall–Kier alpha value is -3.94. The Balaban J connectivity index is 1.38. The van der Waals surface area contributed by atoms with E-state index in [0.29, 0.717) is 23.8 Å². The first-order valence-corrected chi connectivity index (χ1v) is 9.86. The van der Waals surface area contributed by atoms with E-state index < -0.39 is 5.91 Å². The summed E-state index contributed by atoms with van der Waals surface area (Å²) in [7, 11) is 0. The number of nitrogens with one attached hydrogen (secondary N) is 1. The molecule has 0 radical (unpaired) electrons. The van der Waals surface area contributed by atoms with Gasteiger partial charge in [0, 0.05) is 11.6 Å². The molecule has 8 heteroatoms. The van der Waals surface area contributed by atoms with Crippen LogP contribution in [0.2, 0.25) is 0 Å². The molecule has 8 nitrogen and oxygen atoms in total. The number of nitrogens with zero attached hydrogens (tertiary/aromatic N) is 2. The van der Waals surface area contributed by atoms with Gasteiger partial charge in [-0.05, 0) is 56.0 Å². The van der Waals surface area contributed by atoms with E-state index in [9.17, 15) is 14.7 Å². The topological polar surface area (TPSA) is 111 Å². The van der Waals surface area contributed by atoms with Gasteiger partial charge in [0.25, 0.3) is 5.91 Å². The summed E-state index contributed by atoms with van der Waals surface area (Å²) in [5.41, 5.74) is 0.558. The van der Waals surface area contributed by atoms with Gasteiger partial charge >= 0.3 is 0 Å². The molecule has 2 N–H and O–H groups in total. The molecule has 0 spiro atoms. The molecule has 0 unspecified atom stereocenters. The van der Waals surface area contributed by atoms with Crippen molar-refractivity contribution < 1.29 is 24.2 Å². The van der Waals surface area contributed by atoms with Gasteiger partial charge in [-0.3, -0.25) is 9.59 Å². The third-order valence-electron chi connectivity index (χ3n) is 4.72. The number of carbonyl (C=O) groups is 2. The summed E-state index contributed by atoms with van der Waals surface area (Å²) in [5, 5.41) is 12.5. The van der Waals surface area contributed by atoms with Crippen LogP contribution in [-0.2, 0) is 0 Å². The highest BCUT2D eigenvalue weighted by Gasteiger charge is 2.22. The van der Waals surface area contributed by atoms with Crippen molar-refractivity contribution in [1.29, 1.82) is 0 Å². The zero-order valence-corrected chi connectivity index (χ0v) is 16.9. The molecule has 0 aliphatic heterocycles. The molecule has 0 bridgehead atoms. The first-order chi connectivity index (χ1) is 15.0. The molecule has 1 heterocycles. The van der Waals surface area contributed by atoms with Gasteiger partial charge in [0.05, 0.1) is 24.7 Å². The molecule has 2 aromatic carbocycles. The van der Waals surface area contributed by atoms with E-state index in [0.717, 1.165) is 5.75 Å². The summed E-state index contributed by atoms with van der Waals surface area (Å²) < 4.78 is 11.4. The van der Waals surface area contributed by atoms with Gasteiger partial charge in [0.15, 0.2) is 5.78 Å². The highest BCUT2D eigenvalue weighted by Crippen LogP contribution is 2.31. The summed E-state index contributed by atoms with van der Waals surface area (Å²) in [5.74, 6) is 1.21. The fourth-order valence-electron chi connectivity index (χ4n) is 2.78. The maximum Gasteiger partial charge on any atom is 0.275 e. The molecule has 1 aliphatic rings. The molecule has 158 valence electrons. The highest BCUT2D eigenvalue weighted by molar-refractivity contribution is 6.04. The van der Waals surface area contributed by atoms with Crippen molar-refractivity contribution in [2.24, 2.45) is 5.92 Å². The van der Waals surface area contributed by atoms with E-state index in [1.54, 1.807) is 12.1 Å². The Morgan fingerprint density at radius 2 is 1.90 bits per heavy atom. The predicted molar refractivity (Wildman–Crippen MR) is 113 cm³/mol. The molecule has 0 atom stereocenters. The lowest BCUT2D eigenvalue weighted by Gasteiger charge is -2.09. The first kappa shape index (κ1) is 20.3. The molecule has 0 saturated heterocycles. The Morgan fingerprint density at radius 1 is 1.10 bits per heavy atom. The summed E-state index contributed by atoms with van der Waals surface area (Å²) in [6.07, 6.45) is 5.05. The lowest BCUT2D eigenvalue weighted by atomic mass is 10.1. The number of phenols is 1. The van der Waals surface area contributed by atoms with Gasteiger partial charge in [0.2, 0.25) is 5.88 Å². The van der Waals surface area contributed by atoms with Crippen molar-refractivity contribution in [2.75, 3.05) is 11.9 Å². The molecular weight excluding hydrogens is 398 g/mol. The second-order valence-electron chi connectivity index (χ2n) is 7.31. The second kappa shape index (κ2) is 8.83. The largest absolute Gasteiger partial charge is 0.506 e. The third kappa shape index (κ3) is 5.36. The molecule has 1 aromatic heterocycles. The van der Waals surface area contributed by atoms with Crippen molar-refractivity contribution >= 4 is 17.4 Å². The third-order valence-corrected chi connectivity index (χ3v) is 4.72. The van der Waals surface area contributed by atoms with E-state index in [1.807, 2.05) is 12.1 Å². The number of ketones is 1. The molecule has 1 aliphatic carbocycles. The summed E-state index contributed by atoms with van der Waals surface area (Å²) in [6, 6.07) is 11.5. The first-order valence-electron chi connectivity index (χ1n) is 9.86. The number of hydrogen-bond acceptors (Lipinski definition) is 7. The molecule has 1 saturated carbocycles. The second-order valence-corrected chi connectivity index (χ2v) is 7.31. The summed E-state index contributed by atoms with van der Waals surface area (Å²) in [4.78, 5) is 31.9. The van der Waals surface area contributed by atoms with Crippen LogP contribution in [0.3, 0.4) is 0 Å². The maximum atomic E-state index is 12.4. The van der Waals surface area contributed by atoms with Gasteiger partial charge in [-0.1, -0.05) is 6.07 Å². The quantitative estimate of drug-likeness (QED) is 0.415. The van der Waals surface area contributed by atoms with Gasteiger partial charge < -0.3 is 19.9 Å². The monoisotopic (exact) mass is 419 g/mol. The van der Waals surface area contributed by atoms with Gasteiger partial charge in [-0.15, -0.1) is 0 Å². The average molecular weight is 419 g/mol.